The summed E-state index contributed by atoms with van der Waals surface area (Å²) in [6.45, 7) is 2.82. The van der Waals surface area contributed by atoms with Crippen LogP contribution in [0.4, 0.5) is 0 Å². The minimum atomic E-state index is 0. The van der Waals surface area contributed by atoms with Gasteiger partial charge in [0.2, 0.25) is 0 Å². The molecule has 57 heavy (non-hydrogen) atoms. The number of hydrogen-bond donors (Lipinski definition) is 4. The molecule has 0 spiro atoms. The largest absolute Gasteiger partial charge is 2.00 e. The van der Waals surface area contributed by atoms with E-state index in [0.717, 1.165) is 21.9 Å². The number of ether oxygens (including phenoxy) is 4. The first-order valence-corrected chi connectivity index (χ1v) is 18.1. The van der Waals surface area contributed by atoms with Gasteiger partial charge in [0.1, 0.15) is 49.4 Å². The summed E-state index contributed by atoms with van der Waals surface area (Å²) in [6.07, 6.45) is 0. The Hall–Kier alpha value is -6.20. The molecule has 0 aliphatic carbocycles. The van der Waals surface area contributed by atoms with E-state index < -0.39 is 0 Å². The molecule has 0 amide bonds. The van der Waals surface area contributed by atoms with E-state index in [1.54, 1.807) is 0 Å². The van der Waals surface area contributed by atoms with E-state index in [4.69, 9.17) is 81.8 Å². The van der Waals surface area contributed by atoms with Crippen LogP contribution in [0.3, 0.4) is 0 Å². The van der Waals surface area contributed by atoms with Crippen LogP contribution >= 0.6 is 0 Å². The van der Waals surface area contributed by atoms with Crippen LogP contribution < -0.4 is 51.9 Å². The van der Waals surface area contributed by atoms with Crippen molar-refractivity contribution < 1.29 is 36.0 Å². The van der Waals surface area contributed by atoms with Gasteiger partial charge in [-0.1, -0.05) is 0 Å². The van der Waals surface area contributed by atoms with E-state index in [9.17, 15) is 0 Å². The fourth-order valence-electron chi connectivity index (χ4n) is 6.65. The third kappa shape index (κ3) is 7.19. The molecule has 8 bridgehead atoms. The monoisotopic (exact) mass is 811 g/mol. The number of aromatic nitrogens is 8. The van der Waals surface area contributed by atoms with Gasteiger partial charge in [-0.2, -0.15) is 0 Å². The number of benzene rings is 4. The average molecular weight is 812 g/mol. The Morgan fingerprint density at radius 3 is 1.05 bits per heavy atom. The van der Waals surface area contributed by atoms with Crippen LogP contribution in [0.5, 0.6) is 23.0 Å². The maximum Gasteiger partial charge on any atom is 2.00 e. The van der Waals surface area contributed by atoms with Crippen molar-refractivity contribution in [3.8, 4) is 68.5 Å². The summed E-state index contributed by atoms with van der Waals surface area (Å²) in [5.74, 6) is 4.02. The first-order chi connectivity index (χ1) is 27.5. The van der Waals surface area contributed by atoms with Crippen molar-refractivity contribution in [1.82, 2.24) is 39.9 Å². The third-order valence-electron chi connectivity index (χ3n) is 9.13. The van der Waals surface area contributed by atoms with Crippen molar-refractivity contribution >= 4 is 44.1 Å². The van der Waals surface area contributed by atoms with Crippen LogP contribution in [0.15, 0.2) is 72.8 Å². The molecular weight excluding hydrogens is 776 g/mol. The Morgan fingerprint density at radius 1 is 0.368 bits per heavy atom. The molecule has 0 saturated heterocycles. The molecule has 3 aromatic heterocycles. The van der Waals surface area contributed by atoms with Gasteiger partial charge in [0.15, 0.2) is 0 Å². The van der Waals surface area contributed by atoms with Gasteiger partial charge in [0.05, 0.1) is 23.3 Å². The standard InChI is InChI=1S/C40H36N12O4.Cu/c41-9-13-53-21-1-5-25-29(17-21)37-45-33(25)49-38-30-18-22(54-14-10-42)2-6-26(30)35(46-38)51-40-32-20-24(56-16-12-44)4-8-28(32)36(48-40)52-39-31-19-23(55-15-11-43)3-7-27(31)34(47-39)50-37;/h1-8,17-20H,9-16,41-44H2;/q-2;+2. The maximum absolute atomic E-state index is 5.90. The van der Waals surface area contributed by atoms with Gasteiger partial charge in [-0.05, 0) is 94.3 Å². The summed E-state index contributed by atoms with van der Waals surface area (Å²) >= 11 is 0. The summed E-state index contributed by atoms with van der Waals surface area (Å²) < 4.78 is 23.6. The van der Waals surface area contributed by atoms with E-state index in [-0.39, 0.29) is 17.1 Å². The van der Waals surface area contributed by atoms with E-state index in [2.05, 4.69) is 0 Å². The van der Waals surface area contributed by atoms with Crippen molar-refractivity contribution in [2.24, 2.45) is 22.9 Å². The van der Waals surface area contributed by atoms with Gasteiger partial charge in [-0.3, -0.25) is 0 Å². The Labute approximate surface area is 335 Å². The summed E-state index contributed by atoms with van der Waals surface area (Å²) in [4.78, 5) is 40.1. The molecule has 2 aliphatic heterocycles. The minimum absolute atomic E-state index is 0. The molecule has 9 rings (SSSR count). The van der Waals surface area contributed by atoms with Crippen LogP contribution in [0.25, 0.3) is 89.7 Å². The topological polar surface area (TPSA) is 247 Å². The van der Waals surface area contributed by atoms with E-state index in [1.807, 2.05) is 72.8 Å². The molecule has 16 nitrogen and oxygen atoms in total. The summed E-state index contributed by atoms with van der Waals surface area (Å²) in [5.41, 5.74) is 27.4. The summed E-state index contributed by atoms with van der Waals surface area (Å²) in [7, 11) is 0. The predicted molar refractivity (Wildman–Crippen MR) is 212 cm³/mol. The first kappa shape index (κ1) is 37.7. The molecule has 0 saturated carbocycles. The summed E-state index contributed by atoms with van der Waals surface area (Å²) in [5, 5.41) is 2.87. The zero-order valence-corrected chi connectivity index (χ0v) is 31.3. The van der Waals surface area contributed by atoms with Crippen LogP contribution in [0, 0.1) is 0 Å². The molecule has 7 aromatic rings. The molecule has 0 fully saturated rings. The van der Waals surface area contributed by atoms with Gasteiger partial charge in [-0.25, -0.2) is 9.97 Å². The van der Waals surface area contributed by atoms with Crippen LogP contribution in [0.2, 0.25) is 0 Å². The Morgan fingerprint density at radius 2 is 0.684 bits per heavy atom. The Bertz CT molecular complexity index is 2620. The second-order valence-electron chi connectivity index (χ2n) is 12.9. The predicted octanol–water partition coefficient (Wildman–Crippen LogP) is 3.47. The second kappa shape index (κ2) is 16.1. The van der Waals surface area contributed by atoms with Crippen molar-refractivity contribution in [3.63, 3.8) is 0 Å². The molecule has 291 valence electrons. The quantitative estimate of drug-likeness (QED) is 0.129. The fraction of sp³-hybridized carbons (Fsp3) is 0.200. The maximum atomic E-state index is 5.90. The number of fused-ring (bicyclic) bond motifs is 20. The zero-order valence-electron chi connectivity index (χ0n) is 30.4. The average Bonchev–Trinajstić information content (AvgIpc) is 3.95. The van der Waals surface area contributed by atoms with Crippen molar-refractivity contribution in [2.45, 2.75) is 0 Å². The van der Waals surface area contributed by atoms with Gasteiger partial charge >= 0.3 is 17.1 Å². The SMILES string of the molecule is NCCOc1ccc2c(c1)-c1nc-2nc2[n-]c(nc3nc(nc4[n-]c(n1)c1ccc(OCCN)cc41)-c1ccc(OCCN)cc1-3)c1ccc(OCCN)cc21.[Cu+2]. The Kier molecular flexibility index (Phi) is 10.7. The fourth-order valence-corrected chi connectivity index (χ4v) is 6.65. The van der Waals surface area contributed by atoms with Crippen molar-refractivity contribution in [3.05, 3.63) is 72.8 Å². The number of nitrogens with zero attached hydrogens (tertiary/aromatic N) is 8. The molecular formula is C40H36CuN12O4. The van der Waals surface area contributed by atoms with E-state index in [1.165, 1.54) is 0 Å². The Balaban J connectivity index is 0.00000455. The first-order valence-electron chi connectivity index (χ1n) is 18.1. The minimum Gasteiger partial charge on any atom is -0.492 e. The molecule has 8 N–H and O–H groups in total. The van der Waals surface area contributed by atoms with E-state index >= 15 is 0 Å². The van der Waals surface area contributed by atoms with Gasteiger partial charge in [-0.15, -0.1) is 0 Å². The third-order valence-corrected chi connectivity index (χ3v) is 9.13. The van der Waals surface area contributed by atoms with Crippen LogP contribution in [-0.2, 0) is 17.1 Å². The van der Waals surface area contributed by atoms with Gasteiger partial charge in [0, 0.05) is 71.0 Å². The van der Waals surface area contributed by atoms with Crippen molar-refractivity contribution in [1.29, 1.82) is 0 Å². The number of rotatable bonds is 12. The molecule has 5 heterocycles. The van der Waals surface area contributed by atoms with Gasteiger partial charge in [0.25, 0.3) is 0 Å². The van der Waals surface area contributed by atoms with Crippen LogP contribution in [0.1, 0.15) is 0 Å². The molecule has 4 aromatic carbocycles. The molecule has 2 aliphatic rings. The second-order valence-corrected chi connectivity index (χ2v) is 12.9. The number of hydrogen-bond acceptors (Lipinski definition) is 14. The summed E-state index contributed by atoms with van der Waals surface area (Å²) in [6, 6.07) is 22.5. The molecule has 0 unspecified atom stereocenters. The smallest absolute Gasteiger partial charge is 0.492 e. The van der Waals surface area contributed by atoms with Crippen LogP contribution in [-0.4, -0.2) is 82.5 Å². The molecule has 0 atom stereocenters. The van der Waals surface area contributed by atoms with Crippen molar-refractivity contribution in [2.75, 3.05) is 52.6 Å². The number of nitrogens with two attached hydrogens (primary N) is 4. The van der Waals surface area contributed by atoms with Gasteiger partial charge < -0.3 is 71.8 Å². The zero-order chi connectivity index (χ0) is 38.2. The molecule has 17 heteroatoms. The van der Waals surface area contributed by atoms with E-state index in [0.29, 0.717) is 143 Å². The normalized spacial score (nSPS) is 11.6. The molecule has 1 radical (unpaired) electrons.